The van der Waals surface area contributed by atoms with Crippen LogP contribution in [0.5, 0.6) is 5.75 Å². The monoisotopic (exact) mass is 341 g/mol. The Morgan fingerprint density at radius 2 is 1.52 bits per heavy atom. The minimum Gasteiger partial charge on any atom is -0.491 e. The van der Waals surface area contributed by atoms with Gasteiger partial charge in [-0.15, -0.1) is 0 Å². The maximum Gasteiger partial charge on any atom is 0.119 e. The average molecular weight is 341 g/mol. The van der Waals surface area contributed by atoms with Gasteiger partial charge in [-0.05, 0) is 48.1 Å². The van der Waals surface area contributed by atoms with Crippen molar-refractivity contribution in [3.05, 3.63) is 65.2 Å². The first-order chi connectivity index (χ1) is 12.0. The van der Waals surface area contributed by atoms with Crippen LogP contribution in [0.1, 0.15) is 56.3 Å². The molecule has 2 aromatic carbocycles. The molecule has 0 aliphatic carbocycles. The Balaban J connectivity index is 1.74. The van der Waals surface area contributed by atoms with Gasteiger partial charge in [0, 0.05) is 12.6 Å². The molecule has 0 aromatic heterocycles. The van der Waals surface area contributed by atoms with E-state index in [2.05, 4.69) is 69.4 Å². The van der Waals surface area contributed by atoms with E-state index in [0.717, 1.165) is 12.2 Å². The van der Waals surface area contributed by atoms with Gasteiger partial charge in [-0.25, -0.2) is 0 Å². The Hall–Kier alpha value is -1.84. The van der Waals surface area contributed by atoms with Crippen molar-refractivity contribution >= 4 is 0 Å². The van der Waals surface area contributed by atoms with E-state index in [1.165, 1.54) is 16.7 Å². The summed E-state index contributed by atoms with van der Waals surface area (Å²) in [6, 6.07) is 16.9. The topological polar surface area (TPSA) is 41.5 Å². The van der Waals surface area contributed by atoms with Crippen LogP contribution in [0.4, 0.5) is 0 Å². The maximum absolute atomic E-state index is 10.1. The summed E-state index contributed by atoms with van der Waals surface area (Å²) in [4.78, 5) is 0. The lowest BCUT2D eigenvalue weighted by molar-refractivity contribution is 0.104. The second-order valence-electron chi connectivity index (χ2n) is 6.91. The van der Waals surface area contributed by atoms with Gasteiger partial charge in [0.1, 0.15) is 18.5 Å². The van der Waals surface area contributed by atoms with Gasteiger partial charge in [-0.2, -0.15) is 0 Å². The van der Waals surface area contributed by atoms with Crippen molar-refractivity contribution in [3.8, 4) is 5.75 Å². The van der Waals surface area contributed by atoms with Crippen LogP contribution in [0, 0.1) is 0 Å². The number of benzene rings is 2. The zero-order chi connectivity index (χ0) is 18.2. The summed E-state index contributed by atoms with van der Waals surface area (Å²) < 4.78 is 5.68. The lowest BCUT2D eigenvalue weighted by Gasteiger charge is -2.18. The number of hydrogen-bond acceptors (Lipinski definition) is 3. The molecule has 0 aliphatic heterocycles. The van der Waals surface area contributed by atoms with Crippen molar-refractivity contribution in [2.24, 2.45) is 0 Å². The standard InChI is InChI=1S/C22H31NO2/c1-5-18-6-8-20(9-7-18)17(4)23-14-21(24)15-25-22-12-10-19(11-13-22)16(2)3/h6-13,16-17,21,23-24H,5,14-15H2,1-4H3. The highest BCUT2D eigenvalue weighted by Crippen LogP contribution is 2.19. The molecule has 2 atom stereocenters. The fourth-order valence-electron chi connectivity index (χ4n) is 2.67. The highest BCUT2D eigenvalue weighted by molar-refractivity contribution is 5.29. The van der Waals surface area contributed by atoms with E-state index in [1.807, 2.05) is 12.1 Å². The van der Waals surface area contributed by atoms with E-state index < -0.39 is 6.10 Å². The largest absolute Gasteiger partial charge is 0.491 e. The zero-order valence-electron chi connectivity index (χ0n) is 15.8. The molecule has 25 heavy (non-hydrogen) atoms. The quantitative estimate of drug-likeness (QED) is 0.707. The Morgan fingerprint density at radius 3 is 2.08 bits per heavy atom. The van der Waals surface area contributed by atoms with E-state index in [-0.39, 0.29) is 12.6 Å². The molecule has 0 aliphatic rings. The smallest absolute Gasteiger partial charge is 0.119 e. The number of nitrogens with one attached hydrogen (secondary N) is 1. The summed E-state index contributed by atoms with van der Waals surface area (Å²) >= 11 is 0. The summed E-state index contributed by atoms with van der Waals surface area (Å²) in [5, 5.41) is 13.5. The lowest BCUT2D eigenvalue weighted by Crippen LogP contribution is -2.33. The van der Waals surface area contributed by atoms with Crippen molar-refractivity contribution in [2.45, 2.75) is 52.2 Å². The van der Waals surface area contributed by atoms with Gasteiger partial charge in [0.25, 0.3) is 0 Å². The van der Waals surface area contributed by atoms with Crippen LogP contribution >= 0.6 is 0 Å². The summed E-state index contributed by atoms with van der Waals surface area (Å²) in [5.74, 6) is 1.31. The molecule has 0 bridgehead atoms. The van der Waals surface area contributed by atoms with Crippen molar-refractivity contribution in [3.63, 3.8) is 0 Å². The van der Waals surface area contributed by atoms with E-state index in [0.29, 0.717) is 12.5 Å². The molecule has 3 heteroatoms. The lowest BCUT2D eigenvalue weighted by atomic mass is 10.0. The predicted molar refractivity (Wildman–Crippen MR) is 104 cm³/mol. The molecule has 3 nitrogen and oxygen atoms in total. The third kappa shape index (κ3) is 6.18. The number of aliphatic hydroxyl groups is 1. The van der Waals surface area contributed by atoms with Crippen LogP contribution < -0.4 is 10.1 Å². The molecule has 0 radical (unpaired) electrons. The summed E-state index contributed by atoms with van der Waals surface area (Å²) in [5.41, 5.74) is 3.86. The van der Waals surface area contributed by atoms with E-state index >= 15 is 0 Å². The first kappa shape index (κ1) is 19.5. The molecule has 0 saturated carbocycles. The molecule has 0 amide bonds. The number of aryl methyl sites for hydroxylation is 1. The Morgan fingerprint density at radius 1 is 0.920 bits per heavy atom. The third-order valence-corrected chi connectivity index (χ3v) is 4.54. The summed E-state index contributed by atoms with van der Waals surface area (Å²) in [6.45, 7) is 9.39. The molecular formula is C22H31NO2. The first-order valence-corrected chi connectivity index (χ1v) is 9.22. The SMILES string of the molecule is CCc1ccc(C(C)NCC(O)COc2ccc(C(C)C)cc2)cc1. The minimum absolute atomic E-state index is 0.200. The highest BCUT2D eigenvalue weighted by atomic mass is 16.5. The van der Waals surface area contributed by atoms with Crippen LogP contribution in [0.15, 0.2) is 48.5 Å². The molecule has 0 saturated heterocycles. The maximum atomic E-state index is 10.1. The van der Waals surface area contributed by atoms with Gasteiger partial charge in [0.05, 0.1) is 0 Å². The van der Waals surface area contributed by atoms with Gasteiger partial charge in [0.2, 0.25) is 0 Å². The Kier molecular flexibility index (Phi) is 7.48. The highest BCUT2D eigenvalue weighted by Gasteiger charge is 2.10. The van der Waals surface area contributed by atoms with Crippen LogP contribution in [0.2, 0.25) is 0 Å². The number of hydrogen-bond donors (Lipinski definition) is 2. The first-order valence-electron chi connectivity index (χ1n) is 9.22. The van der Waals surface area contributed by atoms with Crippen molar-refractivity contribution in [2.75, 3.05) is 13.2 Å². The fourth-order valence-corrected chi connectivity index (χ4v) is 2.67. The van der Waals surface area contributed by atoms with Gasteiger partial charge in [-0.3, -0.25) is 0 Å². The molecule has 2 N–H and O–H groups in total. The van der Waals surface area contributed by atoms with Gasteiger partial charge < -0.3 is 15.2 Å². The second kappa shape index (κ2) is 9.59. The second-order valence-corrected chi connectivity index (χ2v) is 6.91. The minimum atomic E-state index is -0.540. The van der Waals surface area contributed by atoms with Crippen LogP contribution in [-0.2, 0) is 6.42 Å². The van der Waals surface area contributed by atoms with Crippen molar-refractivity contribution in [1.82, 2.24) is 5.32 Å². The Bertz CT molecular complexity index is 619. The van der Waals surface area contributed by atoms with Crippen LogP contribution in [-0.4, -0.2) is 24.4 Å². The molecule has 0 fully saturated rings. The Labute approximate surface area is 152 Å². The van der Waals surface area contributed by atoms with Crippen molar-refractivity contribution in [1.29, 1.82) is 0 Å². The number of rotatable bonds is 9. The predicted octanol–water partition coefficient (Wildman–Crippen LogP) is 4.46. The molecule has 2 aromatic rings. The third-order valence-electron chi connectivity index (χ3n) is 4.54. The number of aliphatic hydroxyl groups excluding tert-OH is 1. The fraction of sp³-hybridized carbons (Fsp3) is 0.455. The van der Waals surface area contributed by atoms with Crippen LogP contribution in [0.25, 0.3) is 0 Å². The molecular weight excluding hydrogens is 310 g/mol. The molecule has 0 spiro atoms. The average Bonchev–Trinajstić information content (AvgIpc) is 2.64. The molecule has 2 rings (SSSR count). The molecule has 136 valence electrons. The van der Waals surface area contributed by atoms with Gasteiger partial charge >= 0.3 is 0 Å². The summed E-state index contributed by atoms with van der Waals surface area (Å²) in [7, 11) is 0. The van der Waals surface area contributed by atoms with E-state index in [9.17, 15) is 5.11 Å². The molecule has 0 heterocycles. The van der Waals surface area contributed by atoms with Crippen LogP contribution in [0.3, 0.4) is 0 Å². The molecule has 2 unspecified atom stereocenters. The number of ether oxygens (including phenoxy) is 1. The summed E-state index contributed by atoms with van der Waals surface area (Å²) in [6.07, 6.45) is 0.512. The normalized spacial score (nSPS) is 13.7. The van der Waals surface area contributed by atoms with E-state index in [1.54, 1.807) is 0 Å². The zero-order valence-corrected chi connectivity index (χ0v) is 15.8. The van der Waals surface area contributed by atoms with Gasteiger partial charge in [0.15, 0.2) is 0 Å². The van der Waals surface area contributed by atoms with Crippen molar-refractivity contribution < 1.29 is 9.84 Å². The van der Waals surface area contributed by atoms with Gasteiger partial charge in [-0.1, -0.05) is 57.2 Å². The van der Waals surface area contributed by atoms with E-state index in [4.69, 9.17) is 4.74 Å².